The second-order valence-electron chi connectivity index (χ2n) is 3.68. The van der Waals surface area contributed by atoms with E-state index in [1.807, 2.05) is 37.3 Å². The summed E-state index contributed by atoms with van der Waals surface area (Å²) in [5.74, 6) is -0.105. The van der Waals surface area contributed by atoms with Gasteiger partial charge in [0.2, 0.25) is 0 Å². The van der Waals surface area contributed by atoms with Gasteiger partial charge in [-0.25, -0.2) is 0 Å². The molecule has 3 N–H and O–H groups in total. The van der Waals surface area contributed by atoms with E-state index in [1.165, 1.54) is 0 Å². The number of amides is 1. The number of hydrogen-bond acceptors (Lipinski definition) is 3. The molecular weight excluding hydrogens is 216 g/mol. The zero-order chi connectivity index (χ0) is 12.5. The van der Waals surface area contributed by atoms with Gasteiger partial charge in [-0.3, -0.25) is 4.79 Å². The average Bonchev–Trinajstić information content (AvgIpc) is 2.37. The number of carbonyl (C=O) groups is 1. The molecule has 0 heterocycles. The maximum absolute atomic E-state index is 11.9. The van der Waals surface area contributed by atoms with Crippen LogP contribution < -0.4 is 11.1 Å². The highest BCUT2D eigenvalue weighted by Crippen LogP contribution is 2.16. The third-order valence-corrected chi connectivity index (χ3v) is 2.35. The summed E-state index contributed by atoms with van der Waals surface area (Å²) >= 11 is 0. The molecule has 1 amide bonds. The number of nitrogens with two attached hydrogens (primary N) is 1. The molecular formula is C13H20N2O2. The summed E-state index contributed by atoms with van der Waals surface area (Å²) in [6.07, 6.45) is 0.248. The lowest BCUT2D eigenvalue weighted by atomic mass is 10.1. The summed E-state index contributed by atoms with van der Waals surface area (Å²) in [5, 5.41) is 2.82. The van der Waals surface area contributed by atoms with E-state index in [0.717, 1.165) is 12.0 Å². The molecule has 17 heavy (non-hydrogen) atoms. The van der Waals surface area contributed by atoms with Crippen molar-refractivity contribution in [1.82, 2.24) is 5.32 Å². The van der Waals surface area contributed by atoms with Gasteiger partial charge in [-0.1, -0.05) is 30.3 Å². The van der Waals surface area contributed by atoms with E-state index >= 15 is 0 Å². The predicted molar refractivity (Wildman–Crippen MR) is 67.5 cm³/mol. The quantitative estimate of drug-likeness (QED) is 0.700. The molecule has 0 saturated carbocycles. The van der Waals surface area contributed by atoms with E-state index in [2.05, 4.69) is 5.32 Å². The van der Waals surface area contributed by atoms with Crippen LogP contribution in [0.4, 0.5) is 0 Å². The Kier molecular flexibility index (Phi) is 6.29. The summed E-state index contributed by atoms with van der Waals surface area (Å²) in [7, 11) is 0. The summed E-state index contributed by atoms with van der Waals surface area (Å²) in [5.41, 5.74) is 6.25. The number of ether oxygens (including phenoxy) is 1. The third kappa shape index (κ3) is 4.54. The molecule has 1 atom stereocenters. The zero-order valence-corrected chi connectivity index (χ0v) is 10.2. The lowest BCUT2D eigenvalue weighted by Gasteiger charge is -2.17. The number of benzene rings is 1. The Hall–Kier alpha value is -1.39. The highest BCUT2D eigenvalue weighted by Gasteiger charge is 2.19. The monoisotopic (exact) mass is 236 g/mol. The van der Waals surface area contributed by atoms with Crippen molar-refractivity contribution in [3.63, 3.8) is 0 Å². The first-order valence-corrected chi connectivity index (χ1v) is 5.94. The van der Waals surface area contributed by atoms with Crippen LogP contribution in [-0.2, 0) is 9.53 Å². The molecule has 0 saturated heterocycles. The normalized spacial score (nSPS) is 12.1. The van der Waals surface area contributed by atoms with E-state index in [9.17, 15) is 4.79 Å². The van der Waals surface area contributed by atoms with Crippen LogP contribution >= 0.6 is 0 Å². The van der Waals surface area contributed by atoms with Gasteiger partial charge in [-0.15, -0.1) is 0 Å². The van der Waals surface area contributed by atoms with Crippen molar-refractivity contribution in [2.24, 2.45) is 5.73 Å². The maximum atomic E-state index is 11.9. The SMILES string of the molecule is CCOC(C(=O)NCCCN)c1ccccc1. The Balaban J connectivity index is 2.62. The van der Waals surface area contributed by atoms with Crippen molar-refractivity contribution in [2.75, 3.05) is 19.7 Å². The second kappa shape index (κ2) is 7.81. The first-order valence-electron chi connectivity index (χ1n) is 5.94. The third-order valence-electron chi connectivity index (χ3n) is 2.35. The average molecular weight is 236 g/mol. The van der Waals surface area contributed by atoms with Gasteiger partial charge in [-0.05, 0) is 25.5 Å². The fraction of sp³-hybridized carbons (Fsp3) is 0.462. The molecule has 1 rings (SSSR count). The number of hydrogen-bond donors (Lipinski definition) is 2. The van der Waals surface area contributed by atoms with Crippen molar-refractivity contribution in [3.8, 4) is 0 Å². The molecule has 1 aromatic rings. The van der Waals surface area contributed by atoms with Gasteiger partial charge in [0.25, 0.3) is 5.91 Å². The fourth-order valence-corrected chi connectivity index (χ4v) is 1.52. The molecule has 0 aliphatic rings. The molecule has 0 aromatic heterocycles. The van der Waals surface area contributed by atoms with E-state index < -0.39 is 6.10 Å². The van der Waals surface area contributed by atoms with Crippen LogP contribution in [0.15, 0.2) is 30.3 Å². The minimum Gasteiger partial charge on any atom is -0.364 e. The molecule has 0 spiro atoms. The molecule has 0 aliphatic heterocycles. The molecule has 0 aliphatic carbocycles. The van der Waals surface area contributed by atoms with Gasteiger partial charge >= 0.3 is 0 Å². The molecule has 4 heteroatoms. The Morgan fingerprint density at radius 1 is 1.41 bits per heavy atom. The maximum Gasteiger partial charge on any atom is 0.253 e. The van der Waals surface area contributed by atoms with Gasteiger partial charge in [0, 0.05) is 13.2 Å². The highest BCUT2D eigenvalue weighted by atomic mass is 16.5. The van der Waals surface area contributed by atoms with Crippen molar-refractivity contribution in [1.29, 1.82) is 0 Å². The molecule has 0 bridgehead atoms. The Morgan fingerprint density at radius 2 is 2.12 bits per heavy atom. The summed E-state index contributed by atoms with van der Waals surface area (Å²) in [6.45, 7) is 3.55. The van der Waals surface area contributed by atoms with Crippen LogP contribution in [0.5, 0.6) is 0 Å². The van der Waals surface area contributed by atoms with E-state index in [0.29, 0.717) is 19.7 Å². The van der Waals surface area contributed by atoms with Gasteiger partial charge in [0.15, 0.2) is 6.10 Å². The first-order chi connectivity index (χ1) is 8.29. The second-order valence-corrected chi connectivity index (χ2v) is 3.68. The smallest absolute Gasteiger partial charge is 0.253 e. The lowest BCUT2D eigenvalue weighted by Crippen LogP contribution is -2.32. The molecule has 0 fully saturated rings. The number of rotatable bonds is 7. The topological polar surface area (TPSA) is 64.3 Å². The zero-order valence-electron chi connectivity index (χ0n) is 10.2. The van der Waals surface area contributed by atoms with E-state index in [1.54, 1.807) is 0 Å². The first kappa shape index (κ1) is 13.7. The van der Waals surface area contributed by atoms with Crippen molar-refractivity contribution in [2.45, 2.75) is 19.4 Å². The summed E-state index contributed by atoms with van der Waals surface area (Å²) in [6, 6.07) is 9.49. The van der Waals surface area contributed by atoms with Crippen LogP contribution in [0, 0.1) is 0 Å². The van der Waals surface area contributed by atoms with Crippen LogP contribution in [0.2, 0.25) is 0 Å². The van der Waals surface area contributed by atoms with E-state index in [4.69, 9.17) is 10.5 Å². The van der Waals surface area contributed by atoms with E-state index in [-0.39, 0.29) is 5.91 Å². The Bertz CT molecular complexity index is 327. The van der Waals surface area contributed by atoms with Crippen molar-refractivity contribution < 1.29 is 9.53 Å². The van der Waals surface area contributed by atoms with Crippen molar-refractivity contribution >= 4 is 5.91 Å². The lowest BCUT2D eigenvalue weighted by molar-refractivity contribution is -0.133. The minimum atomic E-state index is -0.529. The standard InChI is InChI=1S/C13H20N2O2/c1-2-17-12(11-7-4-3-5-8-11)13(16)15-10-6-9-14/h3-5,7-8,12H,2,6,9-10,14H2,1H3,(H,15,16). The number of carbonyl (C=O) groups excluding carboxylic acids is 1. The molecule has 94 valence electrons. The van der Waals surface area contributed by atoms with Crippen molar-refractivity contribution in [3.05, 3.63) is 35.9 Å². The largest absolute Gasteiger partial charge is 0.364 e. The number of nitrogens with one attached hydrogen (secondary N) is 1. The Labute approximate surface area is 102 Å². The summed E-state index contributed by atoms with van der Waals surface area (Å²) in [4.78, 5) is 11.9. The van der Waals surface area contributed by atoms with Crippen LogP contribution in [-0.4, -0.2) is 25.6 Å². The molecule has 4 nitrogen and oxygen atoms in total. The highest BCUT2D eigenvalue weighted by molar-refractivity contribution is 5.82. The summed E-state index contributed by atoms with van der Waals surface area (Å²) < 4.78 is 5.48. The molecule has 0 radical (unpaired) electrons. The minimum absolute atomic E-state index is 0.105. The Morgan fingerprint density at radius 3 is 2.71 bits per heavy atom. The fourth-order valence-electron chi connectivity index (χ4n) is 1.52. The van der Waals surface area contributed by atoms with Crippen LogP contribution in [0.3, 0.4) is 0 Å². The van der Waals surface area contributed by atoms with Gasteiger partial charge in [-0.2, -0.15) is 0 Å². The molecule has 1 aromatic carbocycles. The predicted octanol–water partition coefficient (Wildman–Crippen LogP) is 1.23. The molecule has 1 unspecified atom stereocenters. The van der Waals surface area contributed by atoms with Gasteiger partial charge < -0.3 is 15.8 Å². The van der Waals surface area contributed by atoms with Gasteiger partial charge in [0.05, 0.1) is 0 Å². The van der Waals surface area contributed by atoms with Crippen LogP contribution in [0.25, 0.3) is 0 Å². The van der Waals surface area contributed by atoms with Crippen LogP contribution in [0.1, 0.15) is 25.0 Å². The van der Waals surface area contributed by atoms with Gasteiger partial charge in [0.1, 0.15) is 0 Å².